The molecule has 0 unspecified atom stereocenters. The molecule has 1 fully saturated rings. The fraction of sp³-hybridized carbons (Fsp3) is 0.538. The van der Waals surface area contributed by atoms with Crippen LogP contribution in [0, 0.1) is 6.92 Å². The van der Waals surface area contributed by atoms with Crippen LogP contribution in [-0.2, 0) is 0 Å². The SMILES string of the molecule is Cc1cc(=O)c(C(=O)N(CCN)C2CCC2)c[nH]1. The average molecular weight is 249 g/mol. The Morgan fingerprint density at radius 2 is 2.28 bits per heavy atom. The molecule has 0 atom stereocenters. The number of amides is 1. The molecule has 1 amide bonds. The topological polar surface area (TPSA) is 79.2 Å². The number of nitrogens with zero attached hydrogens (tertiary/aromatic N) is 1. The van der Waals surface area contributed by atoms with Crippen LogP contribution >= 0.6 is 0 Å². The van der Waals surface area contributed by atoms with Gasteiger partial charge >= 0.3 is 0 Å². The summed E-state index contributed by atoms with van der Waals surface area (Å²) < 4.78 is 0. The van der Waals surface area contributed by atoms with Gasteiger partial charge in [0.2, 0.25) is 0 Å². The Balaban J connectivity index is 2.24. The van der Waals surface area contributed by atoms with E-state index in [-0.39, 0.29) is 22.9 Å². The second kappa shape index (κ2) is 5.35. The number of aromatic nitrogens is 1. The van der Waals surface area contributed by atoms with Crippen molar-refractivity contribution in [3.8, 4) is 0 Å². The van der Waals surface area contributed by atoms with Gasteiger partial charge in [-0.25, -0.2) is 0 Å². The summed E-state index contributed by atoms with van der Waals surface area (Å²) >= 11 is 0. The molecule has 5 heteroatoms. The lowest BCUT2D eigenvalue weighted by Crippen LogP contribution is -2.47. The van der Waals surface area contributed by atoms with Crippen LogP contribution in [0.5, 0.6) is 0 Å². The van der Waals surface area contributed by atoms with Crippen molar-refractivity contribution in [3.05, 3.63) is 33.7 Å². The molecular weight excluding hydrogens is 230 g/mol. The molecule has 1 aliphatic rings. The maximum Gasteiger partial charge on any atom is 0.259 e. The zero-order valence-electron chi connectivity index (χ0n) is 10.6. The monoisotopic (exact) mass is 249 g/mol. The van der Waals surface area contributed by atoms with Crippen LogP contribution in [0.2, 0.25) is 0 Å². The molecule has 3 N–H and O–H groups in total. The quantitative estimate of drug-likeness (QED) is 0.821. The summed E-state index contributed by atoms with van der Waals surface area (Å²) in [6, 6.07) is 1.70. The summed E-state index contributed by atoms with van der Waals surface area (Å²) in [6.45, 7) is 2.72. The van der Waals surface area contributed by atoms with Crippen LogP contribution in [0.1, 0.15) is 35.3 Å². The molecule has 1 aliphatic carbocycles. The molecule has 0 aromatic carbocycles. The molecule has 1 heterocycles. The normalized spacial score (nSPS) is 15.2. The van der Waals surface area contributed by atoms with Gasteiger partial charge in [0.1, 0.15) is 5.56 Å². The van der Waals surface area contributed by atoms with Gasteiger partial charge < -0.3 is 15.6 Å². The summed E-state index contributed by atoms with van der Waals surface area (Å²) in [7, 11) is 0. The highest BCUT2D eigenvalue weighted by Gasteiger charge is 2.29. The van der Waals surface area contributed by atoms with Gasteiger partial charge in [-0.2, -0.15) is 0 Å². The summed E-state index contributed by atoms with van der Waals surface area (Å²) in [5.74, 6) is -0.202. The lowest BCUT2D eigenvalue weighted by atomic mass is 9.91. The number of carbonyl (C=O) groups is 1. The highest BCUT2D eigenvalue weighted by Crippen LogP contribution is 2.25. The first kappa shape index (κ1) is 12.8. The number of aromatic amines is 1. The number of H-pyrrole nitrogens is 1. The maximum absolute atomic E-state index is 12.4. The first-order chi connectivity index (χ1) is 8.63. The van der Waals surface area contributed by atoms with E-state index in [1.165, 1.54) is 12.3 Å². The average Bonchev–Trinajstić information content (AvgIpc) is 2.25. The first-order valence-electron chi connectivity index (χ1n) is 6.34. The largest absolute Gasteiger partial charge is 0.364 e. The Bertz CT molecular complexity index is 491. The number of hydrogen-bond donors (Lipinski definition) is 2. The van der Waals surface area contributed by atoms with Crippen LogP contribution in [0.15, 0.2) is 17.1 Å². The minimum absolute atomic E-state index is 0.202. The predicted molar refractivity (Wildman–Crippen MR) is 69.5 cm³/mol. The third-order valence-corrected chi connectivity index (χ3v) is 3.43. The highest BCUT2D eigenvalue weighted by molar-refractivity contribution is 5.94. The first-order valence-corrected chi connectivity index (χ1v) is 6.34. The molecular formula is C13H19N3O2. The van der Waals surface area contributed by atoms with Crippen molar-refractivity contribution in [2.75, 3.05) is 13.1 Å². The van der Waals surface area contributed by atoms with Crippen molar-refractivity contribution in [1.82, 2.24) is 9.88 Å². The second-order valence-corrected chi connectivity index (χ2v) is 4.77. The Morgan fingerprint density at radius 3 is 2.78 bits per heavy atom. The third kappa shape index (κ3) is 2.46. The van der Waals surface area contributed by atoms with Gasteiger partial charge in [0.15, 0.2) is 5.43 Å². The summed E-state index contributed by atoms with van der Waals surface area (Å²) in [5.41, 5.74) is 6.28. The molecule has 0 radical (unpaired) electrons. The van der Waals surface area contributed by atoms with Crippen LogP contribution in [0.25, 0.3) is 0 Å². The van der Waals surface area contributed by atoms with E-state index >= 15 is 0 Å². The van der Waals surface area contributed by atoms with Gasteiger partial charge in [-0.05, 0) is 26.2 Å². The Hall–Kier alpha value is -1.62. The zero-order valence-corrected chi connectivity index (χ0v) is 10.6. The maximum atomic E-state index is 12.4. The van der Waals surface area contributed by atoms with E-state index in [2.05, 4.69) is 4.98 Å². The number of rotatable bonds is 4. The Labute approximate surface area is 106 Å². The molecule has 18 heavy (non-hydrogen) atoms. The number of nitrogens with two attached hydrogens (primary N) is 1. The van der Waals surface area contributed by atoms with E-state index in [1.807, 2.05) is 0 Å². The number of hydrogen-bond acceptors (Lipinski definition) is 3. The molecule has 0 spiro atoms. The fourth-order valence-corrected chi connectivity index (χ4v) is 2.18. The molecule has 98 valence electrons. The molecule has 5 nitrogen and oxygen atoms in total. The molecule has 2 rings (SSSR count). The number of aryl methyl sites for hydroxylation is 1. The Kier molecular flexibility index (Phi) is 3.81. The van der Waals surface area contributed by atoms with Crippen LogP contribution < -0.4 is 11.2 Å². The van der Waals surface area contributed by atoms with Crippen LogP contribution in [-0.4, -0.2) is 34.9 Å². The van der Waals surface area contributed by atoms with Gasteiger partial charge in [0.05, 0.1) is 0 Å². The van der Waals surface area contributed by atoms with Gasteiger partial charge in [0, 0.05) is 37.1 Å². The number of pyridine rings is 1. The van der Waals surface area contributed by atoms with Gasteiger partial charge in [-0.1, -0.05) is 0 Å². The lowest BCUT2D eigenvalue weighted by molar-refractivity contribution is 0.0587. The van der Waals surface area contributed by atoms with Crippen molar-refractivity contribution in [3.63, 3.8) is 0 Å². The minimum Gasteiger partial charge on any atom is -0.364 e. The molecule has 0 saturated heterocycles. The van der Waals surface area contributed by atoms with E-state index in [9.17, 15) is 9.59 Å². The van der Waals surface area contributed by atoms with Crippen molar-refractivity contribution in [1.29, 1.82) is 0 Å². The second-order valence-electron chi connectivity index (χ2n) is 4.77. The summed E-state index contributed by atoms with van der Waals surface area (Å²) in [5, 5.41) is 0. The fourth-order valence-electron chi connectivity index (χ4n) is 2.18. The predicted octanol–water partition coefficient (Wildman–Crippen LogP) is 0.637. The molecule has 0 bridgehead atoms. The standard InChI is InChI=1S/C13H19N3O2/c1-9-7-12(17)11(8-15-9)13(18)16(6-5-14)10-3-2-4-10/h7-8,10H,2-6,14H2,1H3,(H,15,17). The Morgan fingerprint density at radius 1 is 1.56 bits per heavy atom. The van der Waals surface area contributed by atoms with Gasteiger partial charge in [0.25, 0.3) is 5.91 Å². The zero-order chi connectivity index (χ0) is 13.1. The molecule has 1 saturated carbocycles. The third-order valence-electron chi connectivity index (χ3n) is 3.43. The van der Waals surface area contributed by atoms with Crippen molar-refractivity contribution < 1.29 is 4.79 Å². The number of carbonyl (C=O) groups excluding carboxylic acids is 1. The molecule has 0 aliphatic heterocycles. The van der Waals surface area contributed by atoms with Crippen molar-refractivity contribution >= 4 is 5.91 Å². The van der Waals surface area contributed by atoms with Crippen molar-refractivity contribution in [2.24, 2.45) is 5.73 Å². The van der Waals surface area contributed by atoms with Crippen molar-refractivity contribution in [2.45, 2.75) is 32.2 Å². The van der Waals surface area contributed by atoms with Gasteiger partial charge in [-0.3, -0.25) is 9.59 Å². The van der Waals surface area contributed by atoms with E-state index in [0.29, 0.717) is 13.1 Å². The van der Waals surface area contributed by atoms with E-state index < -0.39 is 0 Å². The highest BCUT2D eigenvalue weighted by atomic mass is 16.2. The molecule has 1 aromatic rings. The van der Waals surface area contributed by atoms with E-state index in [0.717, 1.165) is 25.0 Å². The van der Waals surface area contributed by atoms with Crippen LogP contribution in [0.3, 0.4) is 0 Å². The summed E-state index contributed by atoms with van der Waals surface area (Å²) in [4.78, 5) is 28.8. The van der Waals surface area contributed by atoms with Gasteiger partial charge in [-0.15, -0.1) is 0 Å². The lowest BCUT2D eigenvalue weighted by Gasteiger charge is -2.37. The minimum atomic E-state index is -0.224. The van der Waals surface area contributed by atoms with E-state index in [4.69, 9.17) is 5.73 Å². The number of nitrogens with one attached hydrogen (secondary N) is 1. The molecule has 1 aromatic heterocycles. The van der Waals surface area contributed by atoms with Crippen LogP contribution in [0.4, 0.5) is 0 Å². The smallest absolute Gasteiger partial charge is 0.259 e. The van der Waals surface area contributed by atoms with E-state index in [1.54, 1.807) is 11.8 Å². The summed E-state index contributed by atoms with van der Waals surface area (Å²) in [6.07, 6.45) is 4.66.